The second-order valence-corrected chi connectivity index (χ2v) is 4.59. The number of halogens is 3. The van der Waals surface area contributed by atoms with Crippen molar-refractivity contribution in [3.8, 4) is 0 Å². The minimum Gasteiger partial charge on any atom is -0.462 e. The number of hydrogen-bond donors (Lipinski definition) is 1. The molecule has 0 fully saturated rings. The van der Waals surface area contributed by atoms with Gasteiger partial charge in [0.15, 0.2) is 0 Å². The Labute approximate surface area is 108 Å². The number of carbonyl (C=O) groups is 1. The summed E-state index contributed by atoms with van der Waals surface area (Å²) in [6.45, 7) is 3.16. The average Bonchev–Trinajstić information content (AvgIpc) is 2.64. The molecule has 0 aliphatic heterocycles. The summed E-state index contributed by atoms with van der Waals surface area (Å²) in [5.41, 5.74) is 5.38. The van der Waals surface area contributed by atoms with Crippen molar-refractivity contribution in [2.75, 3.05) is 6.61 Å². The lowest BCUT2D eigenvalue weighted by Crippen LogP contribution is -2.41. The quantitative estimate of drug-likeness (QED) is 0.866. The van der Waals surface area contributed by atoms with Crippen molar-refractivity contribution in [3.05, 3.63) is 21.9 Å². The first kappa shape index (κ1) is 16.3. The number of carbonyl (C=O) groups excluding carboxylic acids is 1. The highest BCUT2D eigenvalue weighted by Crippen LogP contribution is 2.34. The molecule has 1 heterocycles. The summed E-state index contributed by atoms with van der Waals surface area (Å²) in [4.78, 5) is 12.2. The largest absolute Gasteiger partial charge is 0.462 e. The first-order valence-corrected chi connectivity index (χ1v) is 5.58. The van der Waals surface area contributed by atoms with Crippen LogP contribution in [-0.2, 0) is 9.53 Å². The highest BCUT2D eigenvalue weighted by Gasteiger charge is 2.48. The molecule has 0 bridgehead atoms. The zero-order valence-electron chi connectivity index (χ0n) is 9.41. The van der Waals surface area contributed by atoms with E-state index in [1.807, 2.05) is 0 Å². The fraction of sp³-hybridized carbons (Fsp3) is 0.500. The molecule has 1 rings (SSSR count). The van der Waals surface area contributed by atoms with Crippen LogP contribution in [0.2, 0.25) is 0 Å². The Morgan fingerprint density at radius 2 is 2.18 bits per heavy atom. The van der Waals surface area contributed by atoms with Gasteiger partial charge >= 0.3 is 11.9 Å². The molecule has 1 aromatic rings. The predicted octanol–water partition coefficient (Wildman–Crippen LogP) is 2.68. The molecule has 0 unspecified atom stereocenters. The van der Waals surface area contributed by atoms with Gasteiger partial charge in [-0.2, -0.15) is 8.78 Å². The molecule has 2 N–H and O–H groups in total. The van der Waals surface area contributed by atoms with E-state index in [1.165, 1.54) is 13.0 Å². The second kappa shape index (κ2) is 6.28. The summed E-state index contributed by atoms with van der Waals surface area (Å²) in [7, 11) is 0. The fourth-order valence-corrected chi connectivity index (χ4v) is 2.07. The summed E-state index contributed by atoms with van der Waals surface area (Å²) in [5, 5.41) is 0. The monoisotopic (exact) mass is 285 g/mol. The number of alkyl halides is 2. The molecule has 0 amide bonds. The number of ether oxygens (including phenoxy) is 1. The van der Waals surface area contributed by atoms with Crippen molar-refractivity contribution in [2.24, 2.45) is 5.73 Å². The van der Waals surface area contributed by atoms with E-state index in [1.54, 1.807) is 13.0 Å². The van der Waals surface area contributed by atoms with E-state index < -0.39 is 17.9 Å². The van der Waals surface area contributed by atoms with E-state index >= 15 is 0 Å². The van der Waals surface area contributed by atoms with E-state index in [0.717, 1.165) is 16.2 Å². The highest BCUT2D eigenvalue weighted by molar-refractivity contribution is 7.12. The molecular weight excluding hydrogens is 272 g/mol. The third-order valence-corrected chi connectivity index (χ3v) is 3.09. The van der Waals surface area contributed by atoms with Crippen LogP contribution in [0.25, 0.3) is 0 Å². The van der Waals surface area contributed by atoms with Crippen LogP contribution in [0.5, 0.6) is 0 Å². The van der Waals surface area contributed by atoms with Gasteiger partial charge in [0.1, 0.15) is 6.04 Å². The number of thiophene rings is 1. The highest BCUT2D eigenvalue weighted by atomic mass is 35.5. The Hall–Kier alpha value is -0.720. The molecule has 0 saturated carbocycles. The van der Waals surface area contributed by atoms with Crippen LogP contribution < -0.4 is 5.73 Å². The van der Waals surface area contributed by atoms with Gasteiger partial charge in [-0.15, -0.1) is 23.7 Å². The number of esters is 1. The van der Waals surface area contributed by atoms with Gasteiger partial charge in [0.05, 0.1) is 6.61 Å². The van der Waals surface area contributed by atoms with Crippen molar-refractivity contribution in [1.82, 2.24) is 0 Å². The number of nitrogens with two attached hydrogens (primary N) is 1. The summed E-state index contributed by atoms with van der Waals surface area (Å²) in [6, 6.07) is 1.53. The topological polar surface area (TPSA) is 52.3 Å². The Morgan fingerprint density at radius 3 is 2.59 bits per heavy atom. The average molecular weight is 286 g/mol. The van der Waals surface area contributed by atoms with Crippen molar-refractivity contribution in [2.45, 2.75) is 25.8 Å². The van der Waals surface area contributed by atoms with Crippen LogP contribution in [0.1, 0.15) is 22.7 Å². The summed E-state index contributed by atoms with van der Waals surface area (Å²) >= 11 is 1.15. The summed E-state index contributed by atoms with van der Waals surface area (Å²) in [6.07, 6.45) is 0. The van der Waals surface area contributed by atoms with Crippen LogP contribution in [0.15, 0.2) is 12.1 Å². The second-order valence-electron chi connectivity index (χ2n) is 3.27. The molecule has 0 spiro atoms. The van der Waals surface area contributed by atoms with Crippen molar-refractivity contribution in [3.63, 3.8) is 0 Å². The predicted molar refractivity (Wildman–Crippen MR) is 64.8 cm³/mol. The van der Waals surface area contributed by atoms with Gasteiger partial charge in [0, 0.05) is 9.75 Å². The Balaban J connectivity index is 0.00000256. The van der Waals surface area contributed by atoms with Crippen molar-refractivity contribution >= 4 is 29.7 Å². The molecule has 98 valence electrons. The maximum atomic E-state index is 13.5. The molecule has 0 aliphatic carbocycles. The SMILES string of the molecule is CCOC(=O)C(F)(F)[C@H](N)c1ccc(C)s1.Cl. The molecule has 0 saturated heterocycles. The summed E-state index contributed by atoms with van der Waals surface area (Å²) in [5.74, 6) is -5.26. The Kier molecular flexibility index (Phi) is 6.01. The van der Waals surface area contributed by atoms with Gasteiger partial charge in [-0.05, 0) is 26.0 Å². The fourth-order valence-electron chi connectivity index (χ4n) is 1.15. The smallest absolute Gasteiger partial charge is 0.379 e. The van der Waals surface area contributed by atoms with Gasteiger partial charge < -0.3 is 10.5 Å². The lowest BCUT2D eigenvalue weighted by molar-refractivity contribution is -0.174. The van der Waals surface area contributed by atoms with Gasteiger partial charge in [0.25, 0.3) is 0 Å². The van der Waals surface area contributed by atoms with Crippen LogP contribution >= 0.6 is 23.7 Å². The molecule has 1 aromatic heterocycles. The standard InChI is InChI=1S/C10H13F2NO2S.ClH/c1-3-15-9(14)10(11,12)8(13)7-5-4-6(2)16-7;/h4-5,8H,3,13H2,1-2H3;1H/t8-;/m1./s1. The minimum atomic E-state index is -3.69. The molecule has 0 radical (unpaired) electrons. The van der Waals surface area contributed by atoms with E-state index in [4.69, 9.17) is 5.73 Å². The Bertz CT molecular complexity index is 384. The van der Waals surface area contributed by atoms with Gasteiger partial charge in [-0.3, -0.25) is 0 Å². The summed E-state index contributed by atoms with van der Waals surface area (Å²) < 4.78 is 31.3. The molecule has 0 aromatic carbocycles. The van der Waals surface area contributed by atoms with E-state index in [0.29, 0.717) is 0 Å². The molecular formula is C10H14ClF2NO2S. The Morgan fingerprint density at radius 1 is 1.59 bits per heavy atom. The molecule has 7 heteroatoms. The van der Waals surface area contributed by atoms with E-state index in [9.17, 15) is 13.6 Å². The normalized spacial score (nSPS) is 12.8. The van der Waals surface area contributed by atoms with Gasteiger partial charge in [-0.25, -0.2) is 4.79 Å². The third kappa shape index (κ3) is 3.62. The van der Waals surface area contributed by atoms with Crippen LogP contribution in [-0.4, -0.2) is 18.5 Å². The van der Waals surface area contributed by atoms with Gasteiger partial charge in [0.2, 0.25) is 0 Å². The van der Waals surface area contributed by atoms with E-state index in [-0.39, 0.29) is 23.9 Å². The first-order valence-electron chi connectivity index (χ1n) is 4.76. The molecule has 3 nitrogen and oxygen atoms in total. The number of rotatable bonds is 4. The third-order valence-electron chi connectivity index (χ3n) is 2.01. The zero-order valence-corrected chi connectivity index (χ0v) is 11.0. The minimum absolute atomic E-state index is 0. The maximum Gasteiger partial charge on any atom is 0.379 e. The van der Waals surface area contributed by atoms with Gasteiger partial charge in [-0.1, -0.05) is 0 Å². The maximum absolute atomic E-state index is 13.5. The lowest BCUT2D eigenvalue weighted by Gasteiger charge is -2.20. The zero-order chi connectivity index (χ0) is 12.3. The van der Waals surface area contributed by atoms with Crippen molar-refractivity contribution < 1.29 is 18.3 Å². The number of hydrogen-bond acceptors (Lipinski definition) is 4. The first-order chi connectivity index (χ1) is 7.39. The van der Waals surface area contributed by atoms with Crippen LogP contribution in [0.3, 0.4) is 0 Å². The lowest BCUT2D eigenvalue weighted by atomic mass is 10.1. The van der Waals surface area contributed by atoms with E-state index in [2.05, 4.69) is 4.74 Å². The van der Waals surface area contributed by atoms with Crippen LogP contribution in [0.4, 0.5) is 8.78 Å². The molecule has 17 heavy (non-hydrogen) atoms. The number of aryl methyl sites for hydroxylation is 1. The van der Waals surface area contributed by atoms with Crippen molar-refractivity contribution in [1.29, 1.82) is 0 Å². The molecule has 1 atom stereocenters. The molecule has 0 aliphatic rings. The van der Waals surface area contributed by atoms with Crippen LogP contribution in [0, 0.1) is 6.92 Å².